The van der Waals surface area contributed by atoms with E-state index in [1.165, 1.54) is 11.1 Å². The van der Waals surface area contributed by atoms with Crippen LogP contribution < -0.4 is 0 Å². The van der Waals surface area contributed by atoms with Crippen LogP contribution in [0.15, 0.2) is 24.3 Å². The molecule has 3 heteroatoms. The molecule has 0 spiro atoms. The fourth-order valence-corrected chi connectivity index (χ4v) is 2.20. The third-order valence-corrected chi connectivity index (χ3v) is 4.71. The van der Waals surface area contributed by atoms with Gasteiger partial charge in [0.25, 0.3) is 0 Å². The Morgan fingerprint density at radius 1 is 1.16 bits per heavy atom. The summed E-state index contributed by atoms with van der Waals surface area (Å²) in [4.78, 5) is 13.8. The SMILES string of the molecule is CC(C)c1ccc(CN(C)C(=O)C(Br)C(C)C)cc1. The first-order valence-corrected chi connectivity index (χ1v) is 7.72. The fourth-order valence-electron chi connectivity index (χ4n) is 1.86. The minimum Gasteiger partial charge on any atom is -0.340 e. The Balaban J connectivity index is 2.66. The molecule has 0 aliphatic rings. The second-order valence-electron chi connectivity index (χ2n) is 5.74. The highest BCUT2D eigenvalue weighted by Gasteiger charge is 2.22. The summed E-state index contributed by atoms with van der Waals surface area (Å²) in [6, 6.07) is 8.51. The molecule has 1 amide bonds. The molecular formula is C16H24BrNO. The van der Waals surface area contributed by atoms with Crippen molar-refractivity contribution in [3.05, 3.63) is 35.4 Å². The first kappa shape index (κ1) is 16.2. The third-order valence-electron chi connectivity index (χ3n) is 3.26. The maximum absolute atomic E-state index is 12.1. The summed E-state index contributed by atoms with van der Waals surface area (Å²) in [5.74, 6) is 0.988. The van der Waals surface area contributed by atoms with E-state index in [4.69, 9.17) is 0 Å². The Morgan fingerprint density at radius 2 is 1.68 bits per heavy atom. The summed E-state index contributed by atoms with van der Waals surface area (Å²) >= 11 is 3.46. The Hall–Kier alpha value is -0.830. The summed E-state index contributed by atoms with van der Waals surface area (Å²) in [5.41, 5.74) is 2.50. The average molecular weight is 326 g/mol. The van der Waals surface area contributed by atoms with Crippen molar-refractivity contribution in [1.29, 1.82) is 0 Å². The van der Waals surface area contributed by atoms with Gasteiger partial charge in [-0.1, -0.05) is 67.9 Å². The largest absolute Gasteiger partial charge is 0.340 e. The zero-order valence-corrected chi connectivity index (χ0v) is 14.1. The highest BCUT2D eigenvalue weighted by Crippen LogP contribution is 2.18. The van der Waals surface area contributed by atoms with Crippen molar-refractivity contribution in [1.82, 2.24) is 4.90 Å². The number of halogens is 1. The second-order valence-corrected chi connectivity index (χ2v) is 6.72. The number of alkyl halides is 1. The lowest BCUT2D eigenvalue weighted by molar-refractivity contribution is -0.130. The Labute approximate surface area is 125 Å². The van der Waals surface area contributed by atoms with Crippen molar-refractivity contribution in [3.63, 3.8) is 0 Å². The standard InChI is InChI=1S/C16H24BrNO/c1-11(2)14-8-6-13(7-9-14)10-18(5)16(19)15(17)12(3)4/h6-9,11-12,15H,10H2,1-5H3. The Morgan fingerprint density at radius 3 is 2.11 bits per heavy atom. The van der Waals surface area contributed by atoms with Gasteiger partial charge in [0.1, 0.15) is 0 Å². The van der Waals surface area contributed by atoms with Gasteiger partial charge in [-0.15, -0.1) is 0 Å². The first-order valence-electron chi connectivity index (χ1n) is 6.80. The number of carbonyl (C=O) groups is 1. The van der Waals surface area contributed by atoms with Crippen LogP contribution in [0, 0.1) is 5.92 Å². The first-order chi connectivity index (χ1) is 8.82. The normalized spacial score (nSPS) is 12.8. The van der Waals surface area contributed by atoms with E-state index in [0.717, 1.165) is 0 Å². The van der Waals surface area contributed by atoms with E-state index in [1.54, 1.807) is 4.90 Å². The molecule has 0 bridgehead atoms. The molecule has 0 aromatic heterocycles. The molecule has 1 rings (SSSR count). The number of carbonyl (C=O) groups excluding carboxylic acids is 1. The topological polar surface area (TPSA) is 20.3 Å². The maximum Gasteiger partial charge on any atom is 0.236 e. The van der Waals surface area contributed by atoms with E-state index >= 15 is 0 Å². The van der Waals surface area contributed by atoms with Crippen molar-refractivity contribution >= 4 is 21.8 Å². The minimum atomic E-state index is -0.104. The van der Waals surface area contributed by atoms with E-state index < -0.39 is 0 Å². The van der Waals surface area contributed by atoms with Gasteiger partial charge in [0, 0.05) is 13.6 Å². The second kappa shape index (κ2) is 7.09. The maximum atomic E-state index is 12.1. The summed E-state index contributed by atoms with van der Waals surface area (Å²) in [5, 5.41) is 0. The zero-order chi connectivity index (χ0) is 14.6. The third kappa shape index (κ3) is 4.64. The fraction of sp³-hybridized carbons (Fsp3) is 0.562. The van der Waals surface area contributed by atoms with Crippen LogP contribution >= 0.6 is 15.9 Å². The average Bonchev–Trinajstić information content (AvgIpc) is 2.37. The van der Waals surface area contributed by atoms with Crippen LogP contribution in [0.1, 0.15) is 44.7 Å². The van der Waals surface area contributed by atoms with Gasteiger partial charge in [0.2, 0.25) is 5.91 Å². The van der Waals surface area contributed by atoms with Crippen LogP contribution in [0.25, 0.3) is 0 Å². The molecule has 2 nitrogen and oxygen atoms in total. The van der Waals surface area contributed by atoms with Crippen LogP contribution in [-0.2, 0) is 11.3 Å². The lowest BCUT2D eigenvalue weighted by Gasteiger charge is -2.22. The van der Waals surface area contributed by atoms with Crippen LogP contribution in [0.3, 0.4) is 0 Å². The predicted octanol–water partition coefficient (Wildman–Crippen LogP) is 4.19. The molecule has 1 aromatic rings. The molecular weight excluding hydrogens is 302 g/mol. The molecule has 0 N–H and O–H groups in total. The number of hydrogen-bond acceptors (Lipinski definition) is 1. The van der Waals surface area contributed by atoms with Gasteiger partial charge in [-0.3, -0.25) is 4.79 Å². The molecule has 0 aliphatic carbocycles. The summed E-state index contributed by atoms with van der Waals surface area (Å²) < 4.78 is 0. The lowest BCUT2D eigenvalue weighted by Crippen LogP contribution is -2.35. The minimum absolute atomic E-state index is 0.104. The van der Waals surface area contributed by atoms with E-state index in [1.807, 2.05) is 20.9 Å². The van der Waals surface area contributed by atoms with Crippen molar-refractivity contribution in [2.75, 3.05) is 7.05 Å². The molecule has 0 radical (unpaired) electrons. The van der Waals surface area contributed by atoms with Crippen molar-refractivity contribution in [2.45, 2.75) is 45.0 Å². The molecule has 0 saturated carbocycles. The van der Waals surface area contributed by atoms with Crippen LogP contribution in [-0.4, -0.2) is 22.7 Å². The number of hydrogen-bond donors (Lipinski definition) is 0. The predicted molar refractivity (Wildman–Crippen MR) is 84.6 cm³/mol. The molecule has 1 aromatic carbocycles. The Bertz CT molecular complexity index is 411. The van der Waals surface area contributed by atoms with E-state index in [9.17, 15) is 4.79 Å². The Kier molecular flexibility index (Phi) is 6.05. The summed E-state index contributed by atoms with van der Waals surface area (Å²) in [6.07, 6.45) is 0. The zero-order valence-electron chi connectivity index (χ0n) is 12.5. The van der Waals surface area contributed by atoms with Gasteiger partial charge in [0.05, 0.1) is 4.83 Å². The smallest absolute Gasteiger partial charge is 0.236 e. The molecule has 0 saturated heterocycles. The molecule has 106 valence electrons. The molecule has 1 unspecified atom stereocenters. The number of rotatable bonds is 5. The highest BCUT2D eigenvalue weighted by atomic mass is 79.9. The summed E-state index contributed by atoms with van der Waals surface area (Å²) in [6.45, 7) is 9.11. The number of nitrogens with zero attached hydrogens (tertiary/aromatic N) is 1. The molecule has 0 aliphatic heterocycles. The van der Waals surface area contributed by atoms with Crippen LogP contribution in [0.4, 0.5) is 0 Å². The van der Waals surface area contributed by atoms with Gasteiger partial charge in [-0.2, -0.15) is 0 Å². The van der Waals surface area contributed by atoms with Crippen molar-refractivity contribution in [2.24, 2.45) is 5.92 Å². The lowest BCUT2D eigenvalue weighted by atomic mass is 10.0. The van der Waals surface area contributed by atoms with Gasteiger partial charge >= 0.3 is 0 Å². The number of amides is 1. The number of benzene rings is 1. The molecule has 0 heterocycles. The van der Waals surface area contributed by atoms with Gasteiger partial charge in [-0.25, -0.2) is 0 Å². The highest BCUT2D eigenvalue weighted by molar-refractivity contribution is 9.10. The molecule has 19 heavy (non-hydrogen) atoms. The van der Waals surface area contributed by atoms with E-state index in [-0.39, 0.29) is 10.7 Å². The quantitative estimate of drug-likeness (QED) is 0.743. The molecule has 0 fully saturated rings. The van der Waals surface area contributed by atoms with Crippen molar-refractivity contribution < 1.29 is 4.79 Å². The molecule has 1 atom stereocenters. The monoisotopic (exact) mass is 325 g/mol. The van der Waals surface area contributed by atoms with E-state index in [2.05, 4.69) is 54.0 Å². The van der Waals surface area contributed by atoms with Gasteiger partial charge in [0.15, 0.2) is 0 Å². The summed E-state index contributed by atoms with van der Waals surface area (Å²) in [7, 11) is 1.86. The van der Waals surface area contributed by atoms with Gasteiger partial charge in [-0.05, 0) is 23.0 Å². The van der Waals surface area contributed by atoms with Crippen LogP contribution in [0.5, 0.6) is 0 Å². The van der Waals surface area contributed by atoms with Gasteiger partial charge < -0.3 is 4.90 Å². The van der Waals surface area contributed by atoms with Crippen molar-refractivity contribution in [3.8, 4) is 0 Å². The van der Waals surface area contributed by atoms with Crippen LogP contribution in [0.2, 0.25) is 0 Å². The van der Waals surface area contributed by atoms with E-state index in [0.29, 0.717) is 18.4 Å².